The summed E-state index contributed by atoms with van der Waals surface area (Å²) < 4.78 is 2.73. The molecular formula is C10H8Cl2N2OS. The molecule has 2 aromatic rings. The third-order valence-corrected chi connectivity index (χ3v) is 3.68. The molecule has 0 spiro atoms. The second-order valence-corrected chi connectivity index (χ2v) is 5.55. The van der Waals surface area contributed by atoms with Crippen molar-refractivity contribution in [2.45, 2.75) is 13.5 Å². The van der Waals surface area contributed by atoms with Crippen molar-refractivity contribution < 1.29 is 4.79 Å². The summed E-state index contributed by atoms with van der Waals surface area (Å²) in [5.41, 5.74) is 0.477. The van der Waals surface area contributed by atoms with Crippen LogP contribution in [0.25, 0.3) is 0 Å². The van der Waals surface area contributed by atoms with Gasteiger partial charge in [-0.3, -0.25) is 4.79 Å². The number of imidazole rings is 1. The predicted octanol–water partition coefficient (Wildman–Crippen LogP) is 3.44. The van der Waals surface area contributed by atoms with Crippen LogP contribution in [-0.2, 0) is 6.54 Å². The fourth-order valence-corrected chi connectivity index (χ4v) is 2.84. The molecule has 0 aliphatic carbocycles. The number of halogens is 2. The normalized spacial score (nSPS) is 10.7. The molecule has 0 radical (unpaired) electrons. The molecule has 0 unspecified atom stereocenters. The van der Waals surface area contributed by atoms with Crippen molar-refractivity contribution in [1.29, 1.82) is 0 Å². The SMILES string of the molecule is Cc1nccn1CC(=O)c1cc(Cl)sc1Cl. The summed E-state index contributed by atoms with van der Waals surface area (Å²) in [6, 6.07) is 1.60. The maximum absolute atomic E-state index is 11.9. The van der Waals surface area contributed by atoms with Gasteiger partial charge in [0.2, 0.25) is 0 Å². The van der Waals surface area contributed by atoms with Crippen molar-refractivity contribution in [2.75, 3.05) is 0 Å². The lowest BCUT2D eigenvalue weighted by Gasteiger charge is -2.02. The molecule has 84 valence electrons. The van der Waals surface area contributed by atoms with E-state index in [1.807, 2.05) is 6.92 Å². The number of aromatic nitrogens is 2. The van der Waals surface area contributed by atoms with Crippen LogP contribution in [0.15, 0.2) is 18.5 Å². The lowest BCUT2D eigenvalue weighted by Crippen LogP contribution is -2.10. The number of ketones is 1. The molecule has 0 saturated heterocycles. The molecule has 0 fully saturated rings. The van der Waals surface area contributed by atoms with E-state index in [1.165, 1.54) is 11.3 Å². The highest BCUT2D eigenvalue weighted by Crippen LogP contribution is 2.31. The van der Waals surface area contributed by atoms with Gasteiger partial charge in [0.05, 0.1) is 16.4 Å². The Hall–Kier alpha value is -0.840. The summed E-state index contributed by atoms with van der Waals surface area (Å²) in [6.07, 6.45) is 3.42. The molecule has 16 heavy (non-hydrogen) atoms. The summed E-state index contributed by atoms with van der Waals surface area (Å²) in [5, 5.41) is 0. The highest BCUT2D eigenvalue weighted by molar-refractivity contribution is 7.20. The number of carbonyl (C=O) groups excluding carboxylic acids is 1. The van der Waals surface area contributed by atoms with Gasteiger partial charge in [0.25, 0.3) is 0 Å². The zero-order valence-electron chi connectivity index (χ0n) is 8.41. The van der Waals surface area contributed by atoms with Crippen LogP contribution in [0.1, 0.15) is 16.2 Å². The zero-order valence-corrected chi connectivity index (χ0v) is 10.7. The standard InChI is InChI=1S/C10H8Cl2N2OS/c1-6-13-2-3-14(6)5-8(15)7-4-9(11)16-10(7)12/h2-4H,5H2,1H3. The highest BCUT2D eigenvalue weighted by atomic mass is 35.5. The van der Waals surface area contributed by atoms with Crippen LogP contribution in [0.2, 0.25) is 8.67 Å². The Morgan fingerprint density at radius 1 is 1.56 bits per heavy atom. The molecular weight excluding hydrogens is 267 g/mol. The Kier molecular flexibility index (Phi) is 3.33. The topological polar surface area (TPSA) is 34.9 Å². The molecule has 3 nitrogen and oxygen atoms in total. The van der Waals surface area contributed by atoms with Crippen LogP contribution in [-0.4, -0.2) is 15.3 Å². The van der Waals surface area contributed by atoms with E-state index in [4.69, 9.17) is 23.2 Å². The van der Waals surface area contributed by atoms with Crippen LogP contribution < -0.4 is 0 Å². The van der Waals surface area contributed by atoms with Gasteiger partial charge >= 0.3 is 0 Å². The summed E-state index contributed by atoms with van der Waals surface area (Å²) in [5.74, 6) is 0.736. The lowest BCUT2D eigenvalue weighted by atomic mass is 10.2. The number of thiophene rings is 1. The van der Waals surface area contributed by atoms with E-state index < -0.39 is 0 Å². The average molecular weight is 275 g/mol. The number of carbonyl (C=O) groups is 1. The van der Waals surface area contributed by atoms with Gasteiger partial charge < -0.3 is 4.57 Å². The maximum Gasteiger partial charge on any atom is 0.184 e. The minimum atomic E-state index is -0.0609. The van der Waals surface area contributed by atoms with Crippen molar-refractivity contribution in [3.05, 3.63) is 38.5 Å². The number of rotatable bonds is 3. The molecule has 2 aromatic heterocycles. The first-order valence-corrected chi connectivity index (χ1v) is 6.11. The Morgan fingerprint density at radius 2 is 2.31 bits per heavy atom. The van der Waals surface area contributed by atoms with Crippen molar-refractivity contribution in [3.8, 4) is 0 Å². The van der Waals surface area contributed by atoms with E-state index in [-0.39, 0.29) is 12.3 Å². The van der Waals surface area contributed by atoms with Gasteiger partial charge in [-0.15, -0.1) is 11.3 Å². The molecule has 0 N–H and O–H groups in total. The van der Waals surface area contributed by atoms with Gasteiger partial charge in [0.1, 0.15) is 10.2 Å². The van der Waals surface area contributed by atoms with Crippen LogP contribution in [0.4, 0.5) is 0 Å². The number of nitrogens with zero attached hydrogens (tertiary/aromatic N) is 2. The van der Waals surface area contributed by atoms with E-state index in [9.17, 15) is 4.79 Å². The molecule has 0 aliphatic rings. The lowest BCUT2D eigenvalue weighted by molar-refractivity contribution is 0.0972. The minimum Gasteiger partial charge on any atom is -0.327 e. The molecule has 0 bridgehead atoms. The summed E-state index contributed by atoms with van der Waals surface area (Å²) >= 11 is 12.9. The van der Waals surface area contributed by atoms with Crippen molar-refractivity contribution in [3.63, 3.8) is 0 Å². The fraction of sp³-hybridized carbons (Fsp3) is 0.200. The molecule has 0 amide bonds. The Balaban J connectivity index is 2.21. The second kappa shape index (κ2) is 4.57. The maximum atomic E-state index is 11.9. The quantitative estimate of drug-likeness (QED) is 0.804. The Bertz CT molecular complexity index is 533. The number of Topliss-reactive ketones (excluding diaryl/α,β-unsaturated/α-hetero) is 1. The molecule has 0 saturated carbocycles. The molecule has 0 atom stereocenters. The van der Waals surface area contributed by atoms with Crippen molar-refractivity contribution in [2.24, 2.45) is 0 Å². The number of hydrogen-bond donors (Lipinski definition) is 0. The summed E-state index contributed by atoms with van der Waals surface area (Å²) in [4.78, 5) is 16.0. The minimum absolute atomic E-state index is 0.0609. The average Bonchev–Trinajstić information content (AvgIpc) is 2.74. The third kappa shape index (κ3) is 2.29. The van der Waals surface area contributed by atoms with Crippen molar-refractivity contribution in [1.82, 2.24) is 9.55 Å². The van der Waals surface area contributed by atoms with E-state index in [0.717, 1.165) is 5.82 Å². The van der Waals surface area contributed by atoms with Gasteiger partial charge in [-0.25, -0.2) is 4.98 Å². The van der Waals surface area contributed by atoms with Gasteiger partial charge in [0, 0.05) is 12.4 Å². The fourth-order valence-electron chi connectivity index (χ4n) is 1.34. The second-order valence-electron chi connectivity index (χ2n) is 3.26. The largest absolute Gasteiger partial charge is 0.327 e. The van der Waals surface area contributed by atoms with Gasteiger partial charge in [-0.05, 0) is 13.0 Å². The third-order valence-electron chi connectivity index (χ3n) is 2.19. The highest BCUT2D eigenvalue weighted by Gasteiger charge is 2.15. The Morgan fingerprint density at radius 3 is 2.81 bits per heavy atom. The number of hydrogen-bond acceptors (Lipinski definition) is 3. The molecule has 2 rings (SSSR count). The van der Waals surface area contributed by atoms with Gasteiger partial charge in [-0.2, -0.15) is 0 Å². The van der Waals surface area contributed by atoms with Crippen LogP contribution in [0.3, 0.4) is 0 Å². The van der Waals surface area contributed by atoms with Crippen LogP contribution in [0, 0.1) is 6.92 Å². The summed E-state index contributed by atoms with van der Waals surface area (Å²) in [6.45, 7) is 2.08. The molecule has 2 heterocycles. The smallest absolute Gasteiger partial charge is 0.184 e. The van der Waals surface area contributed by atoms with Crippen LogP contribution in [0.5, 0.6) is 0 Å². The van der Waals surface area contributed by atoms with E-state index in [0.29, 0.717) is 14.2 Å². The zero-order chi connectivity index (χ0) is 11.7. The van der Waals surface area contributed by atoms with Crippen molar-refractivity contribution >= 4 is 40.3 Å². The molecule has 6 heteroatoms. The summed E-state index contributed by atoms with van der Waals surface area (Å²) in [7, 11) is 0. The first kappa shape index (κ1) is 11.6. The predicted molar refractivity (Wildman–Crippen MR) is 65.6 cm³/mol. The van der Waals surface area contributed by atoms with Crippen LogP contribution >= 0.6 is 34.5 Å². The molecule has 0 aliphatic heterocycles. The first-order chi connectivity index (χ1) is 7.58. The monoisotopic (exact) mass is 274 g/mol. The van der Waals surface area contributed by atoms with E-state index >= 15 is 0 Å². The van der Waals surface area contributed by atoms with E-state index in [2.05, 4.69) is 4.98 Å². The Labute approximate surface area is 107 Å². The van der Waals surface area contributed by atoms with Gasteiger partial charge in [0.15, 0.2) is 5.78 Å². The first-order valence-electron chi connectivity index (χ1n) is 4.53. The number of aryl methyl sites for hydroxylation is 1. The van der Waals surface area contributed by atoms with Gasteiger partial charge in [-0.1, -0.05) is 23.2 Å². The van der Waals surface area contributed by atoms with E-state index in [1.54, 1.807) is 23.0 Å². The molecule has 0 aromatic carbocycles.